The topological polar surface area (TPSA) is 700 Å². The second-order valence-electron chi connectivity index (χ2n) is 20.5. The first-order chi connectivity index (χ1) is 50.2. The van der Waals surface area contributed by atoms with Crippen LogP contribution in [0.5, 0.6) is 0 Å². The van der Waals surface area contributed by atoms with E-state index in [0.29, 0.717) is 0 Å². The fourth-order valence-corrected chi connectivity index (χ4v) is 8.98. The Morgan fingerprint density at radius 3 is 0.660 bits per heavy atom. The molecule has 0 aliphatic carbocycles. The maximum absolute atomic E-state index is 11.1. The minimum atomic E-state index is -2.05. The van der Waals surface area contributed by atoms with E-state index in [1.165, 1.54) is 90.0 Å². The van der Waals surface area contributed by atoms with E-state index in [1.807, 2.05) is 0 Å². The molecule has 0 aromatic rings. The number of aliphatic hydroxyl groups excluding tert-OH is 19. The quantitative estimate of drug-likeness (QED) is 0.0422. The molecule has 0 spiro atoms. The van der Waals surface area contributed by atoms with Gasteiger partial charge in [-0.3, -0.25) is 0 Å². The molecule has 6 heterocycles. The van der Waals surface area contributed by atoms with Gasteiger partial charge < -0.3 is 211 Å². The molecule has 0 aromatic heterocycles. The summed E-state index contributed by atoms with van der Waals surface area (Å²) < 4.78 is 66.7. The van der Waals surface area contributed by atoms with Crippen LogP contribution in [0.2, 0.25) is 0 Å². The molecule has 13 unspecified atom stereocenters. The molecule has 626 valence electrons. The van der Waals surface area contributed by atoms with Gasteiger partial charge in [0.2, 0.25) is 0 Å². The first-order valence-electron chi connectivity index (χ1n) is 32.3. The highest BCUT2D eigenvalue weighted by molar-refractivity contribution is 5.46. The zero-order chi connectivity index (χ0) is 83.9. The van der Waals surface area contributed by atoms with Crippen molar-refractivity contribution < 1.29 is 211 Å². The lowest BCUT2D eigenvalue weighted by molar-refractivity contribution is -0.380. The molecule has 43 heteroatoms. The largest absolute Gasteiger partial charge is 0.394 e. The zero-order valence-electron chi connectivity index (χ0n) is 61.2. The summed E-state index contributed by atoms with van der Waals surface area (Å²) in [4.78, 5) is 106. The maximum atomic E-state index is 11.1. The van der Waals surface area contributed by atoms with Crippen LogP contribution in [0, 0.1) is 0 Å². The van der Waals surface area contributed by atoms with Gasteiger partial charge in [-0.2, -0.15) is 0 Å². The van der Waals surface area contributed by atoms with Crippen molar-refractivity contribution in [2.75, 3.05) is 52.9 Å². The first-order valence-corrected chi connectivity index (χ1v) is 32.3. The lowest BCUT2D eigenvalue weighted by atomic mass is 9.94. The van der Waals surface area contributed by atoms with Crippen LogP contribution < -0.4 is 0 Å². The van der Waals surface area contributed by atoms with Crippen LogP contribution in [0.25, 0.3) is 0 Å². The molecule has 6 fully saturated rings. The Bertz CT molecular complexity index is 2040. The molecule has 0 amide bonds. The summed E-state index contributed by atoms with van der Waals surface area (Å²) in [6.07, 6.45) is -42.2. The lowest BCUT2D eigenvalue weighted by Crippen LogP contribution is -2.66. The van der Waals surface area contributed by atoms with Gasteiger partial charge in [-0.15, -0.1) is 0 Å². The smallest absolute Gasteiger partial charge is 0.187 e. The maximum Gasteiger partial charge on any atom is 0.187 e. The normalized spacial score (nSPS) is 35.5. The van der Waals surface area contributed by atoms with Crippen LogP contribution in [0.1, 0.15) is 90.0 Å². The van der Waals surface area contributed by atoms with Crippen LogP contribution in [-0.4, -0.2) is 409 Å². The Kier molecular flexibility index (Phi) is 76.9. The first kappa shape index (κ1) is 114. The Balaban J connectivity index is -0.000000459. The van der Waals surface area contributed by atoms with Gasteiger partial charge in [-0.1, -0.05) is 0 Å². The predicted octanol–water partition coefficient (Wildman–Crippen LogP) is -10.6. The molecule has 43 nitrogen and oxygen atoms in total. The second-order valence-corrected chi connectivity index (χ2v) is 20.5. The fourth-order valence-electron chi connectivity index (χ4n) is 8.98. The molecule has 19 N–H and O–H groups in total. The van der Waals surface area contributed by atoms with E-state index in [-0.39, 0.29) is 0 Å². The number of carbonyl (C=O) groups excluding carboxylic acids is 12. The number of hydrogen-bond donors (Lipinski definition) is 19. The monoisotopic (exact) mass is 1560 g/mol. The summed E-state index contributed by atoms with van der Waals surface area (Å²) in [5, 5.41) is 199. The molecule has 0 bridgehead atoms. The lowest BCUT2D eigenvalue weighted by Gasteiger charge is -2.48. The minimum Gasteiger partial charge on any atom is -0.394 e. The molecule has 6 saturated heterocycles. The number of aldehydes is 12. The molecule has 6 aliphatic heterocycles. The van der Waals surface area contributed by atoms with Crippen molar-refractivity contribution in [3.63, 3.8) is 0 Å². The summed E-state index contributed by atoms with van der Waals surface area (Å²) in [5.74, 6) is 0. The van der Waals surface area contributed by atoms with Gasteiger partial charge in [0.05, 0.1) is 59.0 Å². The number of rotatable bonds is 19. The molecule has 0 radical (unpaired) electrons. The van der Waals surface area contributed by atoms with Crippen LogP contribution in [-0.2, 0) is 114 Å². The zero-order valence-corrected chi connectivity index (χ0v) is 61.2. The van der Waals surface area contributed by atoms with E-state index in [0.717, 1.165) is 75.4 Å². The van der Waals surface area contributed by atoms with Crippen LogP contribution in [0.4, 0.5) is 0 Å². The van der Waals surface area contributed by atoms with Crippen molar-refractivity contribution in [3.8, 4) is 0 Å². The number of ether oxygens (including phenoxy) is 12. The standard InChI is InChI=1S/C39H68O31.12C2H4O/c1-10-17(46)20(49)31(13(6-42)61-10)67-38-28(57)24(53)34(16(9-45)65-38)70-37-27(56)21(50)30(12(5-41)64-37)59-2-3-60-35-26(55)22(51)32(14(7-43)63-35)69-39-29(58)23(52)33(15(8-44)66-39)68-36-25(54)19(48)18(47)11(4-40)62-36;12*1-2-3/h10-58H,2-9H2,1H3;12*2H,1H3/t10-,11?,12?,13?,14?,15?,16?,17?,18-,19-,20+,21+,22+,23+,24+,25?,26?,27?,28?,29?,30+,31+,32+,33+,34+,35?,36+,37+,38+,39+;;;;;;;;;;;;/m1............/s1. The van der Waals surface area contributed by atoms with Crippen molar-refractivity contribution in [1.82, 2.24) is 0 Å². The Morgan fingerprint density at radius 2 is 0.406 bits per heavy atom. The van der Waals surface area contributed by atoms with Gasteiger partial charge in [-0.25, -0.2) is 0 Å². The van der Waals surface area contributed by atoms with Gasteiger partial charge in [0.25, 0.3) is 0 Å². The Hall–Kier alpha value is -5.20. The van der Waals surface area contributed by atoms with E-state index in [9.17, 15) is 97.0 Å². The highest BCUT2D eigenvalue weighted by Crippen LogP contribution is 2.35. The molecule has 30 atom stereocenters. The predicted molar refractivity (Wildman–Crippen MR) is 354 cm³/mol. The van der Waals surface area contributed by atoms with Gasteiger partial charge in [0.1, 0.15) is 222 Å². The average molecular weight is 1560 g/mol. The summed E-state index contributed by atoms with van der Waals surface area (Å²) in [6.45, 7) is 12.7. The summed E-state index contributed by atoms with van der Waals surface area (Å²) in [7, 11) is 0. The highest BCUT2D eigenvalue weighted by atomic mass is 16.8. The molecule has 0 saturated carbocycles. The Labute approximate surface area is 612 Å². The summed E-state index contributed by atoms with van der Waals surface area (Å²) in [5.41, 5.74) is 0. The number of carbonyl (C=O) groups is 12. The molecule has 106 heavy (non-hydrogen) atoms. The van der Waals surface area contributed by atoms with Crippen molar-refractivity contribution in [1.29, 1.82) is 0 Å². The second kappa shape index (κ2) is 71.4. The molecule has 0 aromatic carbocycles. The van der Waals surface area contributed by atoms with Crippen molar-refractivity contribution in [2.24, 2.45) is 0 Å². The SMILES string of the molecule is CC=O.CC=O.CC=O.CC=O.CC=O.CC=O.CC=O.CC=O.CC=O.CC=O.CC=O.CC=O.C[C@H]1OC(CO)[C@H](O[C@@H]2OC(CO)[C@H](O[C@@H]3OC(CO)[C@H](OCCOC4OC(CO)[C@H](O[C@@H]5OC(CO)[C@H](O[C@@H]6OC(CO)[C@@H](O)[C@@H](O)C6O)[C@@H](O)C5O)[C@@H](O)C4O)[C@@H](O)C3O)[C@@H](O)C2O)[C@@H](O)C1O. The van der Waals surface area contributed by atoms with Crippen LogP contribution in [0.3, 0.4) is 0 Å². The van der Waals surface area contributed by atoms with E-state index in [2.05, 4.69) is 0 Å². The van der Waals surface area contributed by atoms with Gasteiger partial charge >= 0.3 is 0 Å². The van der Waals surface area contributed by atoms with E-state index in [1.54, 1.807) is 0 Å². The highest BCUT2D eigenvalue weighted by Gasteiger charge is 2.56. The average Bonchev–Trinajstić information content (AvgIpc) is 0.785. The Morgan fingerprint density at radius 1 is 0.226 bits per heavy atom. The number of hydrogen-bond acceptors (Lipinski definition) is 43. The number of aliphatic hydroxyl groups is 19. The minimum absolute atomic E-state index is 0.482. The van der Waals surface area contributed by atoms with Crippen molar-refractivity contribution in [3.05, 3.63) is 0 Å². The summed E-state index contributed by atoms with van der Waals surface area (Å²) >= 11 is 0. The fraction of sp³-hybridized carbons (Fsp3) is 0.810. The molecular formula is C63H116O43. The van der Waals surface area contributed by atoms with E-state index in [4.69, 9.17) is 114 Å². The molecular weight excluding hydrogens is 1440 g/mol. The van der Waals surface area contributed by atoms with Crippen LogP contribution in [0.15, 0.2) is 0 Å². The van der Waals surface area contributed by atoms with Crippen molar-refractivity contribution in [2.45, 2.75) is 274 Å². The van der Waals surface area contributed by atoms with Gasteiger partial charge in [0.15, 0.2) is 31.5 Å². The third-order valence-electron chi connectivity index (χ3n) is 13.1. The van der Waals surface area contributed by atoms with Crippen molar-refractivity contribution >= 4 is 75.4 Å². The van der Waals surface area contributed by atoms with Gasteiger partial charge in [0, 0.05) is 0 Å². The van der Waals surface area contributed by atoms with E-state index >= 15 is 0 Å². The molecule has 6 aliphatic rings. The summed E-state index contributed by atoms with van der Waals surface area (Å²) in [6, 6.07) is 0. The third kappa shape index (κ3) is 42.1. The van der Waals surface area contributed by atoms with Crippen LogP contribution >= 0.6 is 0 Å². The molecule has 6 rings (SSSR count). The third-order valence-corrected chi connectivity index (χ3v) is 13.1. The van der Waals surface area contributed by atoms with E-state index < -0.39 is 237 Å². The van der Waals surface area contributed by atoms with Gasteiger partial charge in [-0.05, 0) is 90.0 Å².